The highest BCUT2D eigenvalue weighted by atomic mass is 79.9. The fourth-order valence-corrected chi connectivity index (χ4v) is 2.59. The molecule has 0 aliphatic carbocycles. The molecule has 0 unspecified atom stereocenters. The SMILES string of the molecule is Cc1cc(NC(=O)c2cccc(Br)c2)n(-c2ccc(F)cc2)n1. The maximum atomic E-state index is 13.1. The van der Waals surface area contributed by atoms with Crippen LogP contribution in [0.25, 0.3) is 5.69 Å². The molecule has 6 heteroatoms. The van der Waals surface area contributed by atoms with Crippen LogP contribution in [0.3, 0.4) is 0 Å². The molecular formula is C17H13BrFN3O. The number of hydrogen-bond donors (Lipinski definition) is 1. The molecule has 3 rings (SSSR count). The van der Waals surface area contributed by atoms with E-state index >= 15 is 0 Å². The summed E-state index contributed by atoms with van der Waals surface area (Å²) in [6.07, 6.45) is 0. The predicted molar refractivity (Wildman–Crippen MR) is 90.4 cm³/mol. The van der Waals surface area contributed by atoms with Crippen LogP contribution in [0.5, 0.6) is 0 Å². The molecule has 0 atom stereocenters. The lowest BCUT2D eigenvalue weighted by Gasteiger charge is -2.09. The third-order valence-corrected chi connectivity index (χ3v) is 3.72. The van der Waals surface area contributed by atoms with Gasteiger partial charge in [0, 0.05) is 16.1 Å². The van der Waals surface area contributed by atoms with E-state index in [0.29, 0.717) is 17.1 Å². The third kappa shape index (κ3) is 3.48. The topological polar surface area (TPSA) is 46.9 Å². The maximum absolute atomic E-state index is 13.1. The Morgan fingerprint density at radius 1 is 1.17 bits per heavy atom. The third-order valence-electron chi connectivity index (χ3n) is 3.23. The molecule has 1 heterocycles. The maximum Gasteiger partial charge on any atom is 0.256 e. The van der Waals surface area contributed by atoms with Gasteiger partial charge in [0.15, 0.2) is 0 Å². The van der Waals surface area contributed by atoms with Crippen molar-refractivity contribution in [3.05, 3.63) is 76.1 Å². The van der Waals surface area contributed by atoms with Gasteiger partial charge in [-0.25, -0.2) is 9.07 Å². The van der Waals surface area contributed by atoms with Crippen molar-refractivity contribution in [2.75, 3.05) is 5.32 Å². The molecule has 1 N–H and O–H groups in total. The lowest BCUT2D eigenvalue weighted by Crippen LogP contribution is -2.15. The molecule has 3 aromatic rings. The van der Waals surface area contributed by atoms with Crippen molar-refractivity contribution in [3.8, 4) is 5.69 Å². The largest absolute Gasteiger partial charge is 0.306 e. The number of aryl methyl sites for hydroxylation is 1. The number of rotatable bonds is 3. The van der Waals surface area contributed by atoms with Crippen LogP contribution in [0.1, 0.15) is 16.1 Å². The summed E-state index contributed by atoms with van der Waals surface area (Å²) in [6, 6.07) is 14.8. The number of amides is 1. The van der Waals surface area contributed by atoms with E-state index in [-0.39, 0.29) is 11.7 Å². The molecule has 0 aliphatic rings. The number of carbonyl (C=O) groups excluding carboxylic acids is 1. The van der Waals surface area contributed by atoms with Crippen LogP contribution in [0.4, 0.5) is 10.2 Å². The summed E-state index contributed by atoms with van der Waals surface area (Å²) in [6.45, 7) is 1.83. The number of carbonyl (C=O) groups is 1. The average Bonchev–Trinajstić information content (AvgIpc) is 2.88. The standard InChI is InChI=1S/C17H13BrFN3O/c1-11-9-16(20-17(23)12-3-2-4-13(18)10-12)22(21-11)15-7-5-14(19)6-8-15/h2-10H,1H3,(H,20,23). The monoisotopic (exact) mass is 373 g/mol. The molecule has 23 heavy (non-hydrogen) atoms. The number of anilines is 1. The first-order valence-corrected chi connectivity index (χ1v) is 7.72. The van der Waals surface area contributed by atoms with Crippen LogP contribution in [0, 0.1) is 12.7 Å². The van der Waals surface area contributed by atoms with Gasteiger partial charge in [0.05, 0.1) is 11.4 Å². The molecule has 0 aliphatic heterocycles. The van der Waals surface area contributed by atoms with Gasteiger partial charge in [-0.05, 0) is 49.4 Å². The lowest BCUT2D eigenvalue weighted by molar-refractivity contribution is 0.102. The molecule has 116 valence electrons. The Balaban J connectivity index is 1.91. The number of nitrogens with zero attached hydrogens (tertiary/aromatic N) is 2. The van der Waals surface area contributed by atoms with Crippen molar-refractivity contribution in [1.29, 1.82) is 0 Å². The molecule has 0 radical (unpaired) electrons. The summed E-state index contributed by atoms with van der Waals surface area (Å²) in [7, 11) is 0. The Labute approximate surface area is 141 Å². The van der Waals surface area contributed by atoms with Crippen molar-refractivity contribution in [2.24, 2.45) is 0 Å². The Morgan fingerprint density at radius 3 is 2.61 bits per heavy atom. The number of halogens is 2. The predicted octanol–water partition coefficient (Wildman–Crippen LogP) is 4.33. The minimum atomic E-state index is -0.322. The van der Waals surface area contributed by atoms with Gasteiger partial charge in [-0.15, -0.1) is 0 Å². The molecule has 0 saturated carbocycles. The number of benzene rings is 2. The average molecular weight is 374 g/mol. The molecule has 4 nitrogen and oxygen atoms in total. The summed E-state index contributed by atoms with van der Waals surface area (Å²) in [4.78, 5) is 12.4. The smallest absolute Gasteiger partial charge is 0.256 e. The van der Waals surface area contributed by atoms with E-state index in [9.17, 15) is 9.18 Å². The fourth-order valence-electron chi connectivity index (χ4n) is 2.19. The van der Waals surface area contributed by atoms with Gasteiger partial charge in [0.2, 0.25) is 0 Å². The molecule has 0 fully saturated rings. The summed E-state index contributed by atoms with van der Waals surface area (Å²) in [5.41, 5.74) is 1.95. The second kappa shape index (κ2) is 6.34. The Kier molecular flexibility index (Phi) is 4.25. The summed E-state index contributed by atoms with van der Waals surface area (Å²) in [5.74, 6) is -0.0361. The first-order chi connectivity index (χ1) is 11.0. The van der Waals surface area contributed by atoms with E-state index in [1.54, 1.807) is 41.1 Å². The van der Waals surface area contributed by atoms with Gasteiger partial charge in [-0.3, -0.25) is 4.79 Å². The van der Waals surface area contributed by atoms with Crippen LogP contribution >= 0.6 is 15.9 Å². The first-order valence-electron chi connectivity index (χ1n) is 6.92. The van der Waals surface area contributed by atoms with Crippen LogP contribution in [0.15, 0.2) is 59.1 Å². The van der Waals surface area contributed by atoms with Gasteiger partial charge in [0.1, 0.15) is 11.6 Å². The highest BCUT2D eigenvalue weighted by molar-refractivity contribution is 9.10. The van der Waals surface area contributed by atoms with Gasteiger partial charge in [-0.1, -0.05) is 22.0 Å². The molecule has 1 amide bonds. The fraction of sp³-hybridized carbons (Fsp3) is 0.0588. The van der Waals surface area contributed by atoms with Crippen molar-refractivity contribution >= 4 is 27.7 Å². The molecule has 2 aromatic carbocycles. The van der Waals surface area contributed by atoms with E-state index in [1.165, 1.54) is 12.1 Å². The normalized spacial score (nSPS) is 10.6. The zero-order chi connectivity index (χ0) is 16.4. The van der Waals surface area contributed by atoms with Crippen LogP contribution in [-0.2, 0) is 0 Å². The van der Waals surface area contributed by atoms with Gasteiger partial charge in [-0.2, -0.15) is 5.10 Å². The van der Waals surface area contributed by atoms with Crippen molar-refractivity contribution < 1.29 is 9.18 Å². The Hall–Kier alpha value is -2.47. The van der Waals surface area contributed by atoms with Gasteiger partial charge in [0.25, 0.3) is 5.91 Å². The number of hydrogen-bond acceptors (Lipinski definition) is 2. The number of aromatic nitrogens is 2. The van der Waals surface area contributed by atoms with Crippen molar-refractivity contribution in [1.82, 2.24) is 9.78 Å². The molecule has 0 bridgehead atoms. The van der Waals surface area contributed by atoms with E-state index in [1.807, 2.05) is 13.0 Å². The van der Waals surface area contributed by atoms with Gasteiger partial charge < -0.3 is 5.32 Å². The lowest BCUT2D eigenvalue weighted by atomic mass is 10.2. The second-order valence-electron chi connectivity index (χ2n) is 5.02. The summed E-state index contributed by atoms with van der Waals surface area (Å²) < 4.78 is 15.5. The highest BCUT2D eigenvalue weighted by Gasteiger charge is 2.12. The molecule has 0 spiro atoms. The van der Waals surface area contributed by atoms with E-state index in [2.05, 4.69) is 26.3 Å². The van der Waals surface area contributed by atoms with E-state index in [0.717, 1.165) is 10.2 Å². The minimum absolute atomic E-state index is 0.241. The highest BCUT2D eigenvalue weighted by Crippen LogP contribution is 2.19. The minimum Gasteiger partial charge on any atom is -0.306 e. The molecule has 0 saturated heterocycles. The zero-order valence-corrected chi connectivity index (χ0v) is 13.8. The van der Waals surface area contributed by atoms with E-state index < -0.39 is 0 Å². The zero-order valence-electron chi connectivity index (χ0n) is 12.3. The van der Waals surface area contributed by atoms with Crippen LogP contribution in [0.2, 0.25) is 0 Å². The van der Waals surface area contributed by atoms with Gasteiger partial charge >= 0.3 is 0 Å². The molecular weight excluding hydrogens is 361 g/mol. The summed E-state index contributed by atoms with van der Waals surface area (Å²) in [5, 5.41) is 7.18. The van der Waals surface area contributed by atoms with E-state index in [4.69, 9.17) is 0 Å². The van der Waals surface area contributed by atoms with Crippen LogP contribution < -0.4 is 5.32 Å². The Bertz CT molecular complexity index is 859. The second-order valence-corrected chi connectivity index (χ2v) is 5.94. The summed E-state index contributed by atoms with van der Waals surface area (Å²) >= 11 is 3.34. The Morgan fingerprint density at radius 2 is 1.91 bits per heavy atom. The molecule has 1 aromatic heterocycles. The first kappa shape index (κ1) is 15.4. The van der Waals surface area contributed by atoms with Crippen molar-refractivity contribution in [2.45, 2.75) is 6.92 Å². The van der Waals surface area contributed by atoms with Crippen LogP contribution in [-0.4, -0.2) is 15.7 Å². The number of nitrogens with one attached hydrogen (secondary N) is 1. The van der Waals surface area contributed by atoms with Crippen molar-refractivity contribution in [3.63, 3.8) is 0 Å². The quantitative estimate of drug-likeness (QED) is 0.742.